The molecule has 0 amide bonds. The molecule has 0 saturated heterocycles. The van der Waals surface area contributed by atoms with Gasteiger partial charge in [0.15, 0.2) is 0 Å². The maximum absolute atomic E-state index is 4.45. The number of hydrogen-bond acceptors (Lipinski definition) is 4. The van der Waals surface area contributed by atoms with Gasteiger partial charge in [-0.25, -0.2) is 9.97 Å². The van der Waals surface area contributed by atoms with E-state index < -0.39 is 0 Å². The highest BCUT2D eigenvalue weighted by Crippen LogP contribution is 2.23. The summed E-state index contributed by atoms with van der Waals surface area (Å²) >= 11 is 1.70. The molecule has 100 valence electrons. The Morgan fingerprint density at radius 2 is 1.75 bits per heavy atom. The van der Waals surface area contributed by atoms with E-state index in [0.29, 0.717) is 0 Å². The van der Waals surface area contributed by atoms with Crippen LogP contribution in [0.5, 0.6) is 0 Å². The predicted octanol–water partition coefficient (Wildman–Crippen LogP) is 3.84. The molecule has 0 spiro atoms. The molecule has 0 saturated carbocycles. The Hall–Kier alpha value is -2.20. The summed E-state index contributed by atoms with van der Waals surface area (Å²) in [5.74, 6) is 0.745. The second-order valence-corrected chi connectivity index (χ2v) is 5.54. The van der Waals surface area contributed by atoms with Crippen molar-refractivity contribution in [2.45, 2.75) is 6.54 Å². The summed E-state index contributed by atoms with van der Waals surface area (Å²) in [7, 11) is 2.01. The van der Waals surface area contributed by atoms with Crippen molar-refractivity contribution in [2.24, 2.45) is 0 Å². The predicted molar refractivity (Wildman–Crippen MR) is 83.9 cm³/mol. The van der Waals surface area contributed by atoms with Crippen molar-refractivity contribution in [3.05, 3.63) is 65.8 Å². The van der Waals surface area contributed by atoms with Gasteiger partial charge in [-0.3, -0.25) is 0 Å². The molecule has 3 rings (SSSR count). The summed E-state index contributed by atoms with van der Waals surface area (Å²) in [5.41, 5.74) is 2.32. The zero-order valence-electron chi connectivity index (χ0n) is 11.2. The topological polar surface area (TPSA) is 29.0 Å². The highest BCUT2D eigenvalue weighted by molar-refractivity contribution is 7.13. The fourth-order valence-electron chi connectivity index (χ4n) is 2.02. The molecule has 0 aliphatic heterocycles. The third-order valence-electron chi connectivity index (χ3n) is 3.05. The van der Waals surface area contributed by atoms with Crippen LogP contribution in [0.15, 0.2) is 60.2 Å². The third kappa shape index (κ3) is 2.86. The lowest BCUT2D eigenvalue weighted by molar-refractivity contribution is 0.867. The zero-order chi connectivity index (χ0) is 13.8. The van der Waals surface area contributed by atoms with Crippen molar-refractivity contribution < 1.29 is 0 Å². The van der Waals surface area contributed by atoms with E-state index in [1.54, 1.807) is 11.3 Å². The van der Waals surface area contributed by atoms with Crippen LogP contribution in [0.2, 0.25) is 0 Å². The molecule has 0 atom stereocenters. The minimum absolute atomic E-state index is 0.745. The van der Waals surface area contributed by atoms with E-state index in [0.717, 1.165) is 18.1 Å². The van der Waals surface area contributed by atoms with Gasteiger partial charge < -0.3 is 4.90 Å². The Morgan fingerprint density at radius 3 is 2.40 bits per heavy atom. The maximum Gasteiger partial charge on any atom is 0.225 e. The Kier molecular flexibility index (Phi) is 3.74. The van der Waals surface area contributed by atoms with Crippen molar-refractivity contribution in [1.82, 2.24) is 9.97 Å². The van der Waals surface area contributed by atoms with Gasteiger partial charge in [-0.05, 0) is 17.0 Å². The van der Waals surface area contributed by atoms with Gasteiger partial charge in [-0.1, -0.05) is 36.4 Å². The van der Waals surface area contributed by atoms with Crippen LogP contribution >= 0.6 is 11.3 Å². The lowest BCUT2D eigenvalue weighted by Gasteiger charge is -2.16. The molecule has 3 nitrogen and oxygen atoms in total. The molecule has 2 heterocycles. The average Bonchev–Trinajstić information content (AvgIpc) is 3.03. The molecule has 0 unspecified atom stereocenters. The summed E-state index contributed by atoms with van der Waals surface area (Å²) < 4.78 is 0. The van der Waals surface area contributed by atoms with Crippen LogP contribution in [0.1, 0.15) is 5.56 Å². The van der Waals surface area contributed by atoms with Gasteiger partial charge in [0.05, 0.1) is 0 Å². The van der Waals surface area contributed by atoms with Gasteiger partial charge in [-0.15, -0.1) is 11.3 Å². The quantitative estimate of drug-likeness (QED) is 0.727. The number of nitrogens with zero attached hydrogens (tertiary/aromatic N) is 3. The molecule has 0 radical (unpaired) electrons. The Balaban J connectivity index is 1.74. The largest absolute Gasteiger partial charge is 0.340 e. The number of anilines is 1. The van der Waals surface area contributed by atoms with E-state index in [2.05, 4.69) is 33.5 Å². The van der Waals surface area contributed by atoms with Crippen LogP contribution in [0, 0.1) is 0 Å². The van der Waals surface area contributed by atoms with E-state index in [1.165, 1.54) is 10.4 Å². The van der Waals surface area contributed by atoms with Crippen LogP contribution in [0.25, 0.3) is 10.4 Å². The first-order chi connectivity index (χ1) is 9.83. The second-order valence-electron chi connectivity index (χ2n) is 4.59. The molecular weight excluding hydrogens is 266 g/mol. The third-order valence-corrected chi connectivity index (χ3v) is 3.97. The van der Waals surface area contributed by atoms with Gasteiger partial charge >= 0.3 is 0 Å². The van der Waals surface area contributed by atoms with E-state index in [4.69, 9.17) is 0 Å². The summed E-state index contributed by atoms with van der Waals surface area (Å²) in [4.78, 5) is 12.2. The first kappa shape index (κ1) is 12.8. The van der Waals surface area contributed by atoms with Crippen molar-refractivity contribution in [3.8, 4) is 10.4 Å². The zero-order valence-corrected chi connectivity index (χ0v) is 12.0. The first-order valence-corrected chi connectivity index (χ1v) is 7.32. The van der Waals surface area contributed by atoms with E-state index in [1.807, 2.05) is 48.6 Å². The summed E-state index contributed by atoms with van der Waals surface area (Å²) in [6.07, 6.45) is 3.77. The molecular formula is C16H15N3S. The molecule has 0 aliphatic rings. The van der Waals surface area contributed by atoms with Gasteiger partial charge in [0.2, 0.25) is 5.95 Å². The molecule has 2 aromatic heterocycles. The van der Waals surface area contributed by atoms with Crippen LogP contribution in [0.4, 0.5) is 5.95 Å². The van der Waals surface area contributed by atoms with Crippen molar-refractivity contribution in [1.29, 1.82) is 0 Å². The Labute approximate surface area is 122 Å². The van der Waals surface area contributed by atoms with E-state index in [9.17, 15) is 0 Å². The smallest absolute Gasteiger partial charge is 0.225 e. The number of rotatable bonds is 4. The fraction of sp³-hybridized carbons (Fsp3) is 0.125. The molecule has 1 aromatic carbocycles. The first-order valence-electron chi connectivity index (χ1n) is 6.44. The van der Waals surface area contributed by atoms with E-state index in [-0.39, 0.29) is 0 Å². The fourth-order valence-corrected chi connectivity index (χ4v) is 2.72. The minimum Gasteiger partial charge on any atom is -0.340 e. The molecule has 20 heavy (non-hydrogen) atoms. The van der Waals surface area contributed by atoms with Crippen molar-refractivity contribution >= 4 is 17.3 Å². The van der Waals surface area contributed by atoms with Crippen molar-refractivity contribution in [2.75, 3.05) is 11.9 Å². The summed E-state index contributed by atoms with van der Waals surface area (Å²) in [5, 5.41) is 2.06. The molecule has 4 heteroatoms. The highest BCUT2D eigenvalue weighted by Gasteiger charge is 2.06. The average molecular weight is 281 g/mol. The highest BCUT2D eigenvalue weighted by atomic mass is 32.1. The van der Waals surface area contributed by atoms with Crippen LogP contribution < -0.4 is 4.90 Å². The summed E-state index contributed by atoms with van der Waals surface area (Å²) in [6, 6.07) is 14.4. The molecule has 0 fully saturated rings. The molecule has 0 bridgehead atoms. The Morgan fingerprint density at radius 1 is 1.00 bits per heavy atom. The monoisotopic (exact) mass is 281 g/mol. The van der Waals surface area contributed by atoms with Gasteiger partial charge in [-0.2, -0.15) is 0 Å². The SMILES string of the molecule is CN(Cc1ccccc1)c1ncc(-c2cccs2)cn1. The van der Waals surface area contributed by atoms with Gasteiger partial charge in [0.1, 0.15) is 0 Å². The lowest BCUT2D eigenvalue weighted by atomic mass is 10.2. The number of hydrogen-bond donors (Lipinski definition) is 0. The Bertz CT molecular complexity index is 648. The molecule has 0 aliphatic carbocycles. The number of benzene rings is 1. The van der Waals surface area contributed by atoms with Crippen LogP contribution in [0.3, 0.4) is 0 Å². The van der Waals surface area contributed by atoms with Crippen LogP contribution in [-0.2, 0) is 6.54 Å². The number of thiophene rings is 1. The lowest BCUT2D eigenvalue weighted by Crippen LogP contribution is -2.18. The molecule has 3 aromatic rings. The molecule has 0 N–H and O–H groups in total. The van der Waals surface area contributed by atoms with Gasteiger partial charge in [0.25, 0.3) is 0 Å². The minimum atomic E-state index is 0.745. The van der Waals surface area contributed by atoms with Crippen LogP contribution in [-0.4, -0.2) is 17.0 Å². The number of aromatic nitrogens is 2. The summed E-state index contributed by atoms with van der Waals surface area (Å²) in [6.45, 7) is 0.805. The van der Waals surface area contributed by atoms with Crippen molar-refractivity contribution in [3.63, 3.8) is 0 Å². The van der Waals surface area contributed by atoms with Gasteiger partial charge in [0, 0.05) is 36.4 Å². The second kappa shape index (κ2) is 5.84. The van der Waals surface area contributed by atoms with E-state index >= 15 is 0 Å². The standard InChI is InChI=1S/C16H15N3S/c1-19(12-13-6-3-2-4-7-13)16-17-10-14(11-18-16)15-8-5-9-20-15/h2-11H,12H2,1H3. The maximum atomic E-state index is 4.45. The normalized spacial score (nSPS) is 10.4.